The molecule has 2 N–H and O–H groups in total. The first-order valence-electron chi connectivity index (χ1n) is 9.86. The van der Waals surface area contributed by atoms with Gasteiger partial charge in [0.2, 0.25) is 0 Å². The van der Waals surface area contributed by atoms with Crippen molar-refractivity contribution in [3.63, 3.8) is 0 Å². The van der Waals surface area contributed by atoms with Crippen LogP contribution in [0.5, 0.6) is 11.5 Å². The molecule has 0 aromatic heterocycles. The van der Waals surface area contributed by atoms with Gasteiger partial charge in [-0.2, -0.15) is 0 Å². The molecule has 158 valence electrons. The molecule has 3 aromatic carbocycles. The quantitative estimate of drug-likeness (QED) is 0.315. The van der Waals surface area contributed by atoms with E-state index >= 15 is 0 Å². The Morgan fingerprint density at radius 1 is 0.806 bits per heavy atom. The van der Waals surface area contributed by atoms with E-state index in [0.717, 1.165) is 0 Å². The van der Waals surface area contributed by atoms with Crippen LogP contribution in [-0.2, 0) is 9.59 Å². The third kappa shape index (κ3) is 5.96. The van der Waals surface area contributed by atoms with E-state index in [9.17, 15) is 9.59 Å². The maximum atomic E-state index is 13.0. The second-order valence-corrected chi connectivity index (χ2v) is 6.54. The fraction of sp³-hybridized carbons (Fsp3) is 0.120. The Balaban J connectivity index is 1.95. The summed E-state index contributed by atoms with van der Waals surface area (Å²) in [7, 11) is 1.55. The van der Waals surface area contributed by atoms with E-state index < -0.39 is 11.8 Å². The molecule has 0 fully saturated rings. The van der Waals surface area contributed by atoms with Crippen LogP contribution in [0, 0.1) is 0 Å². The van der Waals surface area contributed by atoms with E-state index in [1.807, 2.05) is 19.1 Å². The van der Waals surface area contributed by atoms with Crippen molar-refractivity contribution in [3.8, 4) is 11.5 Å². The van der Waals surface area contributed by atoms with E-state index in [0.29, 0.717) is 35.0 Å². The zero-order valence-corrected chi connectivity index (χ0v) is 17.4. The summed E-state index contributed by atoms with van der Waals surface area (Å²) in [6.45, 7) is 2.33. The molecule has 3 rings (SSSR count). The monoisotopic (exact) mass is 416 g/mol. The zero-order chi connectivity index (χ0) is 22.1. The minimum atomic E-state index is -0.520. The molecule has 0 spiro atoms. The minimum Gasteiger partial charge on any atom is -0.493 e. The molecular formula is C25H24N2O4. The van der Waals surface area contributed by atoms with E-state index in [-0.39, 0.29) is 5.57 Å². The lowest BCUT2D eigenvalue weighted by atomic mass is 10.1. The molecule has 6 nitrogen and oxygen atoms in total. The summed E-state index contributed by atoms with van der Waals surface area (Å²) in [5, 5.41) is 5.53. The van der Waals surface area contributed by atoms with Crippen molar-refractivity contribution in [1.29, 1.82) is 0 Å². The lowest BCUT2D eigenvalue weighted by Gasteiger charge is -2.12. The number of rotatable bonds is 8. The lowest BCUT2D eigenvalue weighted by molar-refractivity contribution is -0.118. The maximum Gasteiger partial charge on any atom is 0.261 e. The molecule has 3 aromatic rings. The molecule has 0 radical (unpaired) electrons. The van der Waals surface area contributed by atoms with Crippen LogP contribution < -0.4 is 20.1 Å². The number of anilines is 2. The van der Waals surface area contributed by atoms with Crippen molar-refractivity contribution in [2.45, 2.75) is 6.92 Å². The summed E-state index contributed by atoms with van der Waals surface area (Å²) in [5.41, 5.74) is 1.78. The SMILES string of the molecule is CCOc1cc(C=C(C(=O)Nc2ccccc2)C(=O)Nc2ccccc2)ccc1OC. The first kappa shape index (κ1) is 21.6. The van der Waals surface area contributed by atoms with Crippen LogP contribution in [0.1, 0.15) is 12.5 Å². The molecule has 0 heterocycles. The van der Waals surface area contributed by atoms with E-state index in [1.165, 1.54) is 6.08 Å². The van der Waals surface area contributed by atoms with Crippen molar-refractivity contribution in [2.24, 2.45) is 0 Å². The van der Waals surface area contributed by atoms with Crippen molar-refractivity contribution in [3.05, 3.63) is 90.0 Å². The fourth-order valence-corrected chi connectivity index (χ4v) is 2.89. The van der Waals surface area contributed by atoms with E-state index in [1.54, 1.807) is 73.8 Å². The molecule has 0 aliphatic rings. The largest absolute Gasteiger partial charge is 0.493 e. The van der Waals surface area contributed by atoms with Crippen LogP contribution in [-0.4, -0.2) is 25.5 Å². The normalized spacial score (nSPS) is 10.0. The highest BCUT2D eigenvalue weighted by Gasteiger charge is 2.19. The Morgan fingerprint density at radius 3 is 1.84 bits per heavy atom. The summed E-state index contributed by atoms with van der Waals surface area (Å²) < 4.78 is 10.9. The summed E-state index contributed by atoms with van der Waals surface area (Å²) in [4.78, 5) is 26.0. The summed E-state index contributed by atoms with van der Waals surface area (Å²) in [6, 6.07) is 23.2. The van der Waals surface area contributed by atoms with Gasteiger partial charge in [0.15, 0.2) is 11.5 Å². The van der Waals surface area contributed by atoms with Gasteiger partial charge in [-0.1, -0.05) is 42.5 Å². The number of hydrogen-bond acceptors (Lipinski definition) is 4. The van der Waals surface area contributed by atoms with Gasteiger partial charge in [0, 0.05) is 11.4 Å². The number of benzene rings is 3. The Bertz CT molecular complexity index is 1010. The zero-order valence-electron chi connectivity index (χ0n) is 17.4. The van der Waals surface area contributed by atoms with Crippen LogP contribution >= 0.6 is 0 Å². The number of hydrogen-bond donors (Lipinski definition) is 2. The summed E-state index contributed by atoms with van der Waals surface area (Å²) in [5.74, 6) is 0.0647. The number of nitrogens with one attached hydrogen (secondary N) is 2. The summed E-state index contributed by atoms with van der Waals surface area (Å²) in [6.07, 6.45) is 1.53. The molecule has 0 saturated carbocycles. The highest BCUT2D eigenvalue weighted by molar-refractivity contribution is 6.28. The Labute approximate surface area is 181 Å². The number of carbonyl (C=O) groups is 2. The van der Waals surface area contributed by atoms with Crippen molar-refractivity contribution in [1.82, 2.24) is 0 Å². The Morgan fingerprint density at radius 2 is 1.35 bits per heavy atom. The second-order valence-electron chi connectivity index (χ2n) is 6.54. The van der Waals surface area contributed by atoms with Gasteiger partial charge in [-0.15, -0.1) is 0 Å². The standard InChI is InChI=1S/C25H24N2O4/c1-3-31-23-17-18(14-15-22(23)30-2)16-21(24(28)26-19-10-6-4-7-11-19)25(29)27-20-12-8-5-9-13-20/h4-17H,3H2,1-2H3,(H,26,28)(H,27,29). The molecule has 0 atom stereocenters. The van der Waals surface area contributed by atoms with Gasteiger partial charge >= 0.3 is 0 Å². The Kier molecular flexibility index (Phi) is 7.43. The number of carbonyl (C=O) groups excluding carboxylic acids is 2. The topological polar surface area (TPSA) is 76.7 Å². The lowest BCUT2D eigenvalue weighted by Crippen LogP contribution is -2.25. The van der Waals surface area contributed by atoms with Crippen molar-refractivity contribution in [2.75, 3.05) is 24.4 Å². The van der Waals surface area contributed by atoms with Gasteiger partial charge in [0.05, 0.1) is 13.7 Å². The first-order chi connectivity index (χ1) is 15.1. The molecular weight excluding hydrogens is 392 g/mol. The van der Waals surface area contributed by atoms with E-state index in [2.05, 4.69) is 10.6 Å². The number of amides is 2. The van der Waals surface area contributed by atoms with Crippen LogP contribution in [0.4, 0.5) is 11.4 Å². The average Bonchev–Trinajstić information content (AvgIpc) is 2.79. The van der Waals surface area contributed by atoms with Gasteiger partial charge in [0.25, 0.3) is 11.8 Å². The second kappa shape index (κ2) is 10.6. The van der Waals surface area contributed by atoms with Crippen LogP contribution in [0.2, 0.25) is 0 Å². The van der Waals surface area contributed by atoms with Gasteiger partial charge in [0.1, 0.15) is 5.57 Å². The van der Waals surface area contributed by atoms with Crippen molar-refractivity contribution >= 4 is 29.3 Å². The molecule has 0 unspecified atom stereocenters. The number of ether oxygens (including phenoxy) is 2. The molecule has 0 bridgehead atoms. The molecule has 0 aliphatic heterocycles. The van der Waals surface area contributed by atoms with Gasteiger partial charge in [-0.3, -0.25) is 9.59 Å². The number of para-hydroxylation sites is 2. The molecule has 0 aliphatic carbocycles. The van der Waals surface area contributed by atoms with Crippen LogP contribution in [0.25, 0.3) is 6.08 Å². The van der Waals surface area contributed by atoms with Gasteiger partial charge in [-0.25, -0.2) is 0 Å². The average molecular weight is 416 g/mol. The predicted molar refractivity (Wildman–Crippen MR) is 122 cm³/mol. The number of methoxy groups -OCH3 is 1. The van der Waals surface area contributed by atoms with Gasteiger partial charge in [-0.05, 0) is 55.0 Å². The Hall–Kier alpha value is -4.06. The van der Waals surface area contributed by atoms with Crippen LogP contribution in [0.3, 0.4) is 0 Å². The molecule has 2 amide bonds. The first-order valence-corrected chi connectivity index (χ1v) is 9.86. The fourth-order valence-electron chi connectivity index (χ4n) is 2.89. The minimum absolute atomic E-state index is 0.0414. The molecule has 31 heavy (non-hydrogen) atoms. The highest BCUT2D eigenvalue weighted by Crippen LogP contribution is 2.29. The summed E-state index contributed by atoms with van der Waals surface area (Å²) >= 11 is 0. The van der Waals surface area contributed by atoms with Crippen LogP contribution in [0.15, 0.2) is 84.4 Å². The van der Waals surface area contributed by atoms with E-state index in [4.69, 9.17) is 9.47 Å². The third-order valence-electron chi connectivity index (χ3n) is 4.35. The maximum absolute atomic E-state index is 13.0. The molecule has 6 heteroatoms. The smallest absolute Gasteiger partial charge is 0.261 e. The predicted octanol–water partition coefficient (Wildman–Crippen LogP) is 4.75. The van der Waals surface area contributed by atoms with Gasteiger partial charge < -0.3 is 20.1 Å². The molecule has 0 saturated heterocycles. The third-order valence-corrected chi connectivity index (χ3v) is 4.35. The highest BCUT2D eigenvalue weighted by atomic mass is 16.5. The van der Waals surface area contributed by atoms with Crippen molar-refractivity contribution < 1.29 is 19.1 Å².